The molecule has 4 aromatic heterocycles. The lowest BCUT2D eigenvalue weighted by atomic mass is 10.0. The molecular weight excluding hydrogens is 672 g/mol. The van der Waals surface area contributed by atoms with Gasteiger partial charge in [0, 0.05) is 59.8 Å². The predicted octanol–water partition coefficient (Wildman–Crippen LogP) is 7.03. The molecule has 2 fully saturated rings. The molecule has 2 aliphatic heterocycles. The Kier molecular flexibility index (Phi) is 8.74. The van der Waals surface area contributed by atoms with Crippen LogP contribution in [0.5, 0.6) is 0 Å². The van der Waals surface area contributed by atoms with Crippen LogP contribution in [0.3, 0.4) is 0 Å². The number of amides is 2. The Morgan fingerprint density at radius 3 is 1.88 bits per heavy atom. The predicted molar refractivity (Wildman–Crippen MR) is 196 cm³/mol. The maximum absolute atomic E-state index is 11.6. The SMILES string of the molecule is Clc1nc(NC2CC2)c2occc2n1.Nc1ccc2c(c1)NC(=O)CC2.O=C1CCc2ccc(Nc3nc(NC4CC4)c4occc4n3)cc2N1. The molecule has 2 saturated carbocycles. The maximum Gasteiger partial charge on any atom is 0.229 e. The lowest BCUT2D eigenvalue weighted by Gasteiger charge is -2.18. The Bertz CT molecular complexity index is 2260. The number of benzene rings is 2. The molecule has 0 radical (unpaired) electrons. The molecule has 260 valence electrons. The summed E-state index contributed by atoms with van der Waals surface area (Å²) in [6.07, 6.45) is 10.6. The molecule has 10 rings (SSSR count). The molecule has 14 nitrogen and oxygen atoms in total. The zero-order valence-corrected chi connectivity index (χ0v) is 28.2. The summed E-state index contributed by atoms with van der Waals surface area (Å²) >= 11 is 5.78. The molecule has 2 aliphatic carbocycles. The first-order valence-electron chi connectivity index (χ1n) is 16.9. The van der Waals surface area contributed by atoms with Crippen molar-refractivity contribution in [2.24, 2.45) is 0 Å². The van der Waals surface area contributed by atoms with Gasteiger partial charge in [-0.2, -0.15) is 9.97 Å². The maximum atomic E-state index is 11.6. The molecular formula is C36H35ClN10O4. The van der Waals surface area contributed by atoms with Gasteiger partial charge in [-0.15, -0.1) is 0 Å². The summed E-state index contributed by atoms with van der Waals surface area (Å²) in [7, 11) is 0. The largest absolute Gasteiger partial charge is 0.459 e. The number of hydrogen-bond donors (Lipinski definition) is 6. The third kappa shape index (κ3) is 7.80. The van der Waals surface area contributed by atoms with Crippen molar-refractivity contribution in [3.05, 3.63) is 77.5 Å². The Hall–Kier alpha value is -5.89. The van der Waals surface area contributed by atoms with E-state index in [1.807, 2.05) is 36.4 Å². The van der Waals surface area contributed by atoms with E-state index in [4.69, 9.17) is 26.2 Å². The second kappa shape index (κ2) is 13.8. The zero-order valence-electron chi connectivity index (χ0n) is 27.5. The molecule has 2 aromatic carbocycles. The third-order valence-corrected chi connectivity index (χ3v) is 8.88. The van der Waals surface area contributed by atoms with Gasteiger partial charge in [-0.1, -0.05) is 12.1 Å². The van der Waals surface area contributed by atoms with Crippen LogP contribution in [0, 0.1) is 0 Å². The number of fused-ring (bicyclic) bond motifs is 4. The quantitative estimate of drug-likeness (QED) is 0.0765. The first-order chi connectivity index (χ1) is 24.8. The van der Waals surface area contributed by atoms with Crippen LogP contribution < -0.4 is 32.3 Å². The fraction of sp³-hybridized carbons (Fsp3) is 0.278. The van der Waals surface area contributed by atoms with E-state index in [9.17, 15) is 9.59 Å². The van der Waals surface area contributed by atoms with Crippen molar-refractivity contribution in [1.82, 2.24) is 19.9 Å². The van der Waals surface area contributed by atoms with Crippen molar-refractivity contribution in [2.75, 3.05) is 32.3 Å². The van der Waals surface area contributed by atoms with Crippen LogP contribution in [0.15, 0.2) is 69.9 Å². The van der Waals surface area contributed by atoms with Crippen molar-refractivity contribution in [3.63, 3.8) is 0 Å². The second-order valence-electron chi connectivity index (χ2n) is 12.9. The fourth-order valence-electron chi connectivity index (χ4n) is 5.76. The summed E-state index contributed by atoms with van der Waals surface area (Å²) in [6, 6.07) is 16.1. The molecule has 0 bridgehead atoms. The average Bonchev–Trinajstić information content (AvgIpc) is 4.01. The lowest BCUT2D eigenvalue weighted by Crippen LogP contribution is -2.18. The average molecular weight is 707 g/mol. The molecule has 4 aliphatic rings. The first kappa shape index (κ1) is 32.3. The summed E-state index contributed by atoms with van der Waals surface area (Å²) in [4.78, 5) is 39.8. The number of carbonyl (C=O) groups excluding carboxylic acids is 2. The summed E-state index contributed by atoms with van der Waals surface area (Å²) < 4.78 is 10.8. The number of furan rings is 2. The number of nitrogens with one attached hydrogen (secondary N) is 5. The number of nitrogen functional groups attached to an aromatic ring is 1. The van der Waals surface area contributed by atoms with Crippen LogP contribution >= 0.6 is 11.6 Å². The van der Waals surface area contributed by atoms with Crippen LogP contribution in [0.1, 0.15) is 49.7 Å². The molecule has 0 atom stereocenters. The van der Waals surface area contributed by atoms with Gasteiger partial charge in [0.1, 0.15) is 11.0 Å². The van der Waals surface area contributed by atoms with Gasteiger partial charge in [-0.25, -0.2) is 9.97 Å². The Balaban J connectivity index is 0.000000121. The molecule has 51 heavy (non-hydrogen) atoms. The van der Waals surface area contributed by atoms with E-state index < -0.39 is 0 Å². The molecule has 0 saturated heterocycles. The van der Waals surface area contributed by atoms with Crippen molar-refractivity contribution >= 4 is 85.9 Å². The summed E-state index contributed by atoms with van der Waals surface area (Å²) in [6.45, 7) is 0. The van der Waals surface area contributed by atoms with Gasteiger partial charge in [-0.3, -0.25) is 9.59 Å². The van der Waals surface area contributed by atoms with Crippen molar-refractivity contribution in [2.45, 2.75) is 63.5 Å². The van der Waals surface area contributed by atoms with Gasteiger partial charge in [0.2, 0.25) is 23.0 Å². The lowest BCUT2D eigenvalue weighted by molar-refractivity contribution is -0.117. The number of nitrogens with zero attached hydrogens (tertiary/aromatic N) is 4. The number of aromatic nitrogens is 4. The number of halogens is 1. The smallest absolute Gasteiger partial charge is 0.229 e. The minimum atomic E-state index is 0.0524. The van der Waals surface area contributed by atoms with Crippen molar-refractivity contribution in [1.29, 1.82) is 0 Å². The Labute approximate surface area is 297 Å². The van der Waals surface area contributed by atoms with Gasteiger partial charge in [-0.05, 0) is 85.5 Å². The van der Waals surface area contributed by atoms with Crippen LogP contribution in [0.2, 0.25) is 5.28 Å². The van der Waals surface area contributed by atoms with E-state index >= 15 is 0 Å². The number of aryl methyl sites for hydroxylation is 2. The Morgan fingerprint density at radius 2 is 1.25 bits per heavy atom. The van der Waals surface area contributed by atoms with E-state index in [1.54, 1.807) is 24.7 Å². The van der Waals surface area contributed by atoms with Gasteiger partial charge in [0.25, 0.3) is 0 Å². The molecule has 0 unspecified atom stereocenters. The first-order valence-corrected chi connectivity index (χ1v) is 17.3. The summed E-state index contributed by atoms with van der Waals surface area (Å²) in [5.41, 5.74) is 14.0. The highest BCUT2D eigenvalue weighted by Gasteiger charge is 2.25. The van der Waals surface area contributed by atoms with E-state index in [2.05, 4.69) is 46.5 Å². The normalized spacial score (nSPS) is 16.0. The molecule has 2 amide bonds. The van der Waals surface area contributed by atoms with Crippen molar-refractivity contribution in [3.8, 4) is 0 Å². The number of nitrogens with two attached hydrogens (primary N) is 1. The van der Waals surface area contributed by atoms with Gasteiger partial charge < -0.3 is 41.2 Å². The third-order valence-electron chi connectivity index (χ3n) is 8.71. The molecule has 0 spiro atoms. The van der Waals surface area contributed by atoms with E-state index in [0.717, 1.165) is 59.3 Å². The molecule has 15 heteroatoms. The van der Waals surface area contributed by atoms with Crippen LogP contribution in [0.25, 0.3) is 22.2 Å². The molecule has 6 aromatic rings. The highest BCUT2D eigenvalue weighted by atomic mass is 35.5. The highest BCUT2D eigenvalue weighted by Crippen LogP contribution is 2.32. The monoisotopic (exact) mass is 706 g/mol. The topological polar surface area (TPSA) is 198 Å². The summed E-state index contributed by atoms with van der Waals surface area (Å²) in [5, 5.41) is 15.8. The number of anilines is 7. The van der Waals surface area contributed by atoms with Gasteiger partial charge in [0.05, 0.1) is 12.5 Å². The van der Waals surface area contributed by atoms with E-state index in [1.165, 1.54) is 18.4 Å². The number of hydrogen-bond acceptors (Lipinski definition) is 12. The Morgan fingerprint density at radius 1 is 0.686 bits per heavy atom. The standard InChI is InChI=1S/C18H17N5O2.C9H8ClN3O.C9H10N2O/c24-15-6-2-10-1-3-12(9-14(10)21-15)20-18-22-13-7-8-25-16(13)17(23-18)19-11-4-5-11;10-9-12-6-3-4-14-7(6)8(13-9)11-5-1-2-5;10-7-3-1-6-2-4-9(12)11-8(6)5-7/h1,3,7-9,11H,2,4-6H2,(H,21,24)(H2,19,20,22,23);3-5H,1-2H2,(H,11,12,13);1,3,5H,2,4,10H2,(H,11,12). The minimum absolute atomic E-state index is 0.0524. The summed E-state index contributed by atoms with van der Waals surface area (Å²) in [5.74, 6) is 2.04. The molecule has 6 heterocycles. The minimum Gasteiger partial charge on any atom is -0.459 e. The van der Waals surface area contributed by atoms with Gasteiger partial charge in [0.15, 0.2) is 22.8 Å². The second-order valence-corrected chi connectivity index (χ2v) is 13.2. The van der Waals surface area contributed by atoms with E-state index in [-0.39, 0.29) is 17.1 Å². The number of carbonyl (C=O) groups is 2. The van der Waals surface area contributed by atoms with Crippen LogP contribution in [0.4, 0.5) is 40.3 Å². The van der Waals surface area contributed by atoms with Crippen molar-refractivity contribution < 1.29 is 18.4 Å². The number of rotatable bonds is 6. The zero-order chi connectivity index (χ0) is 34.9. The molecule has 7 N–H and O–H groups in total. The van der Waals surface area contributed by atoms with Crippen LogP contribution in [-0.4, -0.2) is 43.8 Å². The fourth-order valence-corrected chi connectivity index (χ4v) is 5.94. The van der Waals surface area contributed by atoms with Gasteiger partial charge >= 0.3 is 0 Å². The highest BCUT2D eigenvalue weighted by molar-refractivity contribution is 6.28. The van der Waals surface area contributed by atoms with E-state index in [0.29, 0.717) is 59.4 Å². The van der Waals surface area contributed by atoms with Crippen LogP contribution in [-0.2, 0) is 22.4 Å².